The molecule has 0 radical (unpaired) electrons. The summed E-state index contributed by atoms with van der Waals surface area (Å²) in [5, 5.41) is 0. The molecular formula is C10H16F2O4. The number of alkyl halides is 2. The Hall–Kier alpha value is -1.04. The monoisotopic (exact) mass is 238 g/mol. The number of halogens is 2. The van der Waals surface area contributed by atoms with E-state index in [1.165, 1.54) is 7.11 Å². The molecular weight excluding hydrogens is 222 g/mol. The van der Waals surface area contributed by atoms with Gasteiger partial charge in [0.15, 0.2) is 0 Å². The van der Waals surface area contributed by atoms with Crippen molar-refractivity contribution in [2.75, 3.05) is 20.3 Å². The van der Waals surface area contributed by atoms with Crippen molar-refractivity contribution in [2.45, 2.75) is 26.2 Å². The summed E-state index contributed by atoms with van der Waals surface area (Å²) in [6.07, 6.45) is -2.27. The fraction of sp³-hybridized carbons (Fsp3) is 0.800. The summed E-state index contributed by atoms with van der Waals surface area (Å²) >= 11 is 0. The molecule has 0 saturated carbocycles. The molecule has 1 unspecified atom stereocenters. The van der Waals surface area contributed by atoms with Crippen molar-refractivity contribution in [3.63, 3.8) is 0 Å². The van der Waals surface area contributed by atoms with Crippen LogP contribution in [0.1, 0.15) is 19.8 Å². The molecule has 0 aliphatic heterocycles. The van der Waals surface area contributed by atoms with E-state index in [0.717, 1.165) is 0 Å². The van der Waals surface area contributed by atoms with Crippen LogP contribution in [0.2, 0.25) is 0 Å². The molecule has 0 aromatic heterocycles. The number of esters is 1. The number of hydrogen-bond acceptors (Lipinski definition) is 4. The molecule has 0 rings (SSSR count). The van der Waals surface area contributed by atoms with E-state index in [-0.39, 0.29) is 18.8 Å². The minimum atomic E-state index is -2.54. The molecule has 4 nitrogen and oxygen atoms in total. The van der Waals surface area contributed by atoms with Crippen LogP contribution in [0, 0.1) is 5.92 Å². The number of methoxy groups -OCH3 is 1. The van der Waals surface area contributed by atoms with Gasteiger partial charge in [0, 0.05) is 6.42 Å². The third kappa shape index (κ3) is 5.75. The Bertz CT molecular complexity index is 231. The molecule has 6 heteroatoms. The molecule has 0 aromatic carbocycles. The summed E-state index contributed by atoms with van der Waals surface area (Å²) in [7, 11) is 1.20. The molecule has 0 heterocycles. The van der Waals surface area contributed by atoms with Gasteiger partial charge in [0.2, 0.25) is 0 Å². The fourth-order valence-electron chi connectivity index (χ4n) is 1.19. The number of hydrogen-bond donors (Lipinski definition) is 0. The van der Waals surface area contributed by atoms with Gasteiger partial charge in [0.25, 0.3) is 6.43 Å². The van der Waals surface area contributed by atoms with Gasteiger partial charge in [-0.2, -0.15) is 0 Å². The second kappa shape index (κ2) is 8.15. The second-order valence-corrected chi connectivity index (χ2v) is 3.17. The Morgan fingerprint density at radius 1 is 1.31 bits per heavy atom. The highest BCUT2D eigenvalue weighted by molar-refractivity contribution is 5.98. The average Bonchev–Trinajstić information content (AvgIpc) is 2.24. The first-order valence-electron chi connectivity index (χ1n) is 4.99. The quantitative estimate of drug-likeness (QED) is 0.364. The molecule has 16 heavy (non-hydrogen) atoms. The zero-order chi connectivity index (χ0) is 12.6. The van der Waals surface area contributed by atoms with Crippen LogP contribution in [-0.4, -0.2) is 38.5 Å². The molecule has 0 amide bonds. The predicted molar refractivity (Wildman–Crippen MR) is 52.2 cm³/mol. The van der Waals surface area contributed by atoms with Crippen molar-refractivity contribution in [1.29, 1.82) is 0 Å². The Morgan fingerprint density at radius 3 is 2.38 bits per heavy atom. The second-order valence-electron chi connectivity index (χ2n) is 3.17. The lowest BCUT2D eigenvalue weighted by molar-refractivity contribution is -0.149. The van der Waals surface area contributed by atoms with Gasteiger partial charge in [0.05, 0.1) is 13.7 Å². The maximum Gasteiger partial charge on any atom is 0.316 e. The molecule has 94 valence electrons. The lowest BCUT2D eigenvalue weighted by Crippen LogP contribution is -2.25. The molecule has 1 atom stereocenters. The molecule has 0 aliphatic rings. The van der Waals surface area contributed by atoms with Crippen LogP contribution >= 0.6 is 0 Å². The number of carbonyl (C=O) groups excluding carboxylic acids is 2. The summed E-state index contributed by atoms with van der Waals surface area (Å²) < 4.78 is 32.4. The predicted octanol–water partition coefficient (Wildman–Crippen LogP) is 1.43. The zero-order valence-electron chi connectivity index (χ0n) is 9.37. The minimum Gasteiger partial charge on any atom is -0.468 e. The van der Waals surface area contributed by atoms with E-state index in [0.29, 0.717) is 6.42 Å². The molecule has 0 saturated heterocycles. The largest absolute Gasteiger partial charge is 0.468 e. The number of rotatable bonds is 8. The van der Waals surface area contributed by atoms with Gasteiger partial charge in [-0.3, -0.25) is 9.59 Å². The highest BCUT2D eigenvalue weighted by Gasteiger charge is 2.24. The summed E-state index contributed by atoms with van der Waals surface area (Å²) in [5.41, 5.74) is 0. The Morgan fingerprint density at radius 2 is 1.94 bits per heavy atom. The van der Waals surface area contributed by atoms with Crippen molar-refractivity contribution in [3.05, 3.63) is 0 Å². The Balaban J connectivity index is 3.89. The molecule has 0 aliphatic carbocycles. The molecule has 0 N–H and O–H groups in total. The van der Waals surface area contributed by atoms with Crippen LogP contribution in [-0.2, 0) is 19.1 Å². The summed E-state index contributed by atoms with van der Waals surface area (Å²) in [6.45, 7) is 0.887. The third-order valence-corrected chi connectivity index (χ3v) is 2.02. The summed E-state index contributed by atoms with van der Waals surface area (Å²) in [6, 6.07) is 0. The van der Waals surface area contributed by atoms with E-state index in [9.17, 15) is 18.4 Å². The van der Waals surface area contributed by atoms with Gasteiger partial charge < -0.3 is 9.47 Å². The van der Waals surface area contributed by atoms with Crippen LogP contribution < -0.4 is 0 Å². The van der Waals surface area contributed by atoms with E-state index < -0.39 is 24.9 Å². The van der Waals surface area contributed by atoms with Crippen LogP contribution in [0.5, 0.6) is 0 Å². The highest BCUT2D eigenvalue weighted by Crippen LogP contribution is 2.09. The van der Waals surface area contributed by atoms with Gasteiger partial charge >= 0.3 is 5.97 Å². The maximum atomic E-state index is 11.7. The fourth-order valence-corrected chi connectivity index (χ4v) is 1.19. The van der Waals surface area contributed by atoms with Crippen molar-refractivity contribution in [3.8, 4) is 0 Å². The first-order valence-corrected chi connectivity index (χ1v) is 4.99. The molecule has 0 bridgehead atoms. The van der Waals surface area contributed by atoms with Crippen molar-refractivity contribution in [2.24, 2.45) is 5.92 Å². The minimum absolute atomic E-state index is 0.0552. The maximum absolute atomic E-state index is 11.7. The van der Waals surface area contributed by atoms with Crippen LogP contribution in [0.4, 0.5) is 8.78 Å². The standard InChI is InChI=1S/C10H16F2O4/c1-3-7(10(14)15-2)8(13)4-5-16-6-9(11)12/h7,9H,3-6H2,1-2H3. The van der Waals surface area contributed by atoms with Gasteiger partial charge in [0.1, 0.15) is 18.3 Å². The van der Waals surface area contributed by atoms with Crippen molar-refractivity contribution >= 4 is 11.8 Å². The number of ether oxygens (including phenoxy) is 2. The Labute approximate surface area is 92.9 Å². The first kappa shape index (κ1) is 15.0. The van der Waals surface area contributed by atoms with Gasteiger partial charge in [-0.15, -0.1) is 0 Å². The van der Waals surface area contributed by atoms with E-state index in [1.54, 1.807) is 6.92 Å². The van der Waals surface area contributed by atoms with Crippen LogP contribution in [0.25, 0.3) is 0 Å². The summed E-state index contributed by atoms with van der Waals surface area (Å²) in [5.74, 6) is -1.76. The van der Waals surface area contributed by atoms with Crippen molar-refractivity contribution in [1.82, 2.24) is 0 Å². The van der Waals surface area contributed by atoms with Gasteiger partial charge in [-0.1, -0.05) is 6.92 Å². The number of ketones is 1. The van der Waals surface area contributed by atoms with Crippen LogP contribution in [0.15, 0.2) is 0 Å². The van der Waals surface area contributed by atoms with Crippen LogP contribution in [0.3, 0.4) is 0 Å². The molecule has 0 fully saturated rings. The number of carbonyl (C=O) groups is 2. The SMILES string of the molecule is CCC(C(=O)CCOCC(F)F)C(=O)OC. The number of Topliss-reactive ketones (excluding diaryl/α,β-unsaturated/α-hetero) is 1. The third-order valence-electron chi connectivity index (χ3n) is 2.02. The smallest absolute Gasteiger partial charge is 0.316 e. The van der Waals surface area contributed by atoms with E-state index >= 15 is 0 Å². The van der Waals surface area contributed by atoms with Gasteiger partial charge in [-0.25, -0.2) is 8.78 Å². The Kier molecular flexibility index (Phi) is 7.62. The zero-order valence-corrected chi connectivity index (χ0v) is 9.37. The average molecular weight is 238 g/mol. The van der Waals surface area contributed by atoms with Crippen molar-refractivity contribution < 1.29 is 27.8 Å². The first-order chi connectivity index (χ1) is 7.52. The molecule has 0 spiro atoms. The van der Waals surface area contributed by atoms with E-state index in [1.807, 2.05) is 0 Å². The summed E-state index contributed by atoms with van der Waals surface area (Å²) in [4.78, 5) is 22.6. The normalized spacial score (nSPS) is 12.6. The van der Waals surface area contributed by atoms with E-state index in [4.69, 9.17) is 0 Å². The lowest BCUT2D eigenvalue weighted by atomic mass is 9.99. The highest BCUT2D eigenvalue weighted by atomic mass is 19.3. The van der Waals surface area contributed by atoms with Gasteiger partial charge in [-0.05, 0) is 6.42 Å². The topological polar surface area (TPSA) is 52.6 Å². The van der Waals surface area contributed by atoms with E-state index in [2.05, 4.69) is 9.47 Å². The molecule has 0 aromatic rings. The lowest BCUT2D eigenvalue weighted by Gasteiger charge is -2.11.